The summed E-state index contributed by atoms with van der Waals surface area (Å²) in [5, 5.41) is 12.4. The number of carbonyl (C=O) groups is 2. The Morgan fingerprint density at radius 1 is 1.19 bits per heavy atom. The first-order valence-electron chi connectivity index (χ1n) is 7.48. The Bertz CT molecular complexity index is 502. The molecule has 2 rings (SSSR count). The normalized spacial score (nSPS) is 16.2. The SMILES string of the molecule is O=C(CN1CCCCCCC1=O)NCc1ccccc1O. The molecule has 0 spiro atoms. The molecule has 1 aromatic rings. The van der Waals surface area contributed by atoms with E-state index in [4.69, 9.17) is 0 Å². The van der Waals surface area contributed by atoms with Gasteiger partial charge in [-0.1, -0.05) is 31.0 Å². The molecule has 1 aliphatic heterocycles. The lowest BCUT2D eigenvalue weighted by molar-refractivity contribution is -0.136. The largest absolute Gasteiger partial charge is 0.508 e. The first kappa shape index (κ1) is 15.4. The molecule has 0 aromatic heterocycles. The van der Waals surface area contributed by atoms with Gasteiger partial charge in [0.05, 0.1) is 6.54 Å². The molecule has 5 nitrogen and oxygen atoms in total. The van der Waals surface area contributed by atoms with Crippen LogP contribution in [0, 0.1) is 0 Å². The highest BCUT2D eigenvalue weighted by Crippen LogP contribution is 2.15. The van der Waals surface area contributed by atoms with Crippen LogP contribution in [0.3, 0.4) is 0 Å². The number of hydrogen-bond donors (Lipinski definition) is 2. The van der Waals surface area contributed by atoms with E-state index in [1.807, 2.05) is 6.07 Å². The minimum atomic E-state index is -0.188. The van der Waals surface area contributed by atoms with Gasteiger partial charge in [0.25, 0.3) is 0 Å². The fourth-order valence-corrected chi connectivity index (χ4v) is 2.47. The zero-order valence-electron chi connectivity index (χ0n) is 12.2. The van der Waals surface area contributed by atoms with Crippen molar-refractivity contribution in [1.29, 1.82) is 0 Å². The van der Waals surface area contributed by atoms with Crippen LogP contribution in [0.2, 0.25) is 0 Å². The van der Waals surface area contributed by atoms with Crippen LogP contribution >= 0.6 is 0 Å². The van der Waals surface area contributed by atoms with E-state index < -0.39 is 0 Å². The van der Waals surface area contributed by atoms with Crippen LogP contribution in [-0.2, 0) is 16.1 Å². The predicted octanol–water partition coefficient (Wildman–Crippen LogP) is 1.80. The van der Waals surface area contributed by atoms with E-state index in [1.54, 1.807) is 23.1 Å². The van der Waals surface area contributed by atoms with Crippen LogP contribution in [0.15, 0.2) is 24.3 Å². The van der Waals surface area contributed by atoms with Crippen molar-refractivity contribution in [3.8, 4) is 5.75 Å². The van der Waals surface area contributed by atoms with Crippen molar-refractivity contribution in [3.05, 3.63) is 29.8 Å². The van der Waals surface area contributed by atoms with Crippen molar-refractivity contribution in [2.45, 2.75) is 38.6 Å². The minimum Gasteiger partial charge on any atom is -0.508 e. The fraction of sp³-hybridized carbons (Fsp3) is 0.500. The van der Waals surface area contributed by atoms with Crippen molar-refractivity contribution in [2.24, 2.45) is 0 Å². The number of nitrogens with one attached hydrogen (secondary N) is 1. The highest BCUT2D eigenvalue weighted by Gasteiger charge is 2.18. The van der Waals surface area contributed by atoms with Gasteiger partial charge in [-0.05, 0) is 18.9 Å². The molecule has 1 aromatic carbocycles. The number of amides is 2. The lowest BCUT2D eigenvalue weighted by atomic mass is 10.1. The number of rotatable bonds is 4. The zero-order chi connectivity index (χ0) is 15.1. The highest BCUT2D eigenvalue weighted by molar-refractivity contribution is 5.84. The monoisotopic (exact) mass is 290 g/mol. The van der Waals surface area contributed by atoms with Gasteiger partial charge in [-0.2, -0.15) is 0 Å². The number of aromatic hydroxyl groups is 1. The van der Waals surface area contributed by atoms with E-state index in [0.29, 0.717) is 18.5 Å². The molecule has 5 heteroatoms. The van der Waals surface area contributed by atoms with E-state index in [-0.39, 0.29) is 30.7 Å². The van der Waals surface area contributed by atoms with Crippen LogP contribution in [-0.4, -0.2) is 34.9 Å². The second-order valence-corrected chi connectivity index (χ2v) is 5.38. The van der Waals surface area contributed by atoms with E-state index in [0.717, 1.165) is 25.7 Å². The Balaban J connectivity index is 1.83. The molecule has 114 valence electrons. The molecule has 0 atom stereocenters. The summed E-state index contributed by atoms with van der Waals surface area (Å²) in [5.41, 5.74) is 0.671. The predicted molar refractivity (Wildman–Crippen MR) is 79.6 cm³/mol. The maximum atomic E-state index is 12.0. The van der Waals surface area contributed by atoms with Gasteiger partial charge in [0.15, 0.2) is 0 Å². The molecule has 1 fully saturated rings. The first-order valence-corrected chi connectivity index (χ1v) is 7.48. The van der Waals surface area contributed by atoms with Crippen LogP contribution in [0.5, 0.6) is 5.75 Å². The summed E-state index contributed by atoms with van der Waals surface area (Å²) in [4.78, 5) is 25.5. The first-order chi connectivity index (χ1) is 10.2. The van der Waals surface area contributed by atoms with Crippen LogP contribution in [0.4, 0.5) is 0 Å². The lowest BCUT2D eigenvalue weighted by Gasteiger charge is -2.24. The molecule has 0 bridgehead atoms. The number of benzene rings is 1. The van der Waals surface area contributed by atoms with Crippen molar-refractivity contribution in [1.82, 2.24) is 10.2 Å². The van der Waals surface area contributed by atoms with Gasteiger partial charge in [-0.25, -0.2) is 0 Å². The number of nitrogens with zero attached hydrogens (tertiary/aromatic N) is 1. The molecule has 0 aliphatic carbocycles. The maximum absolute atomic E-state index is 12.0. The van der Waals surface area contributed by atoms with Crippen molar-refractivity contribution >= 4 is 11.8 Å². The number of phenols is 1. The van der Waals surface area contributed by atoms with Crippen LogP contribution in [0.25, 0.3) is 0 Å². The van der Waals surface area contributed by atoms with Crippen LogP contribution in [0.1, 0.15) is 37.7 Å². The summed E-state index contributed by atoms with van der Waals surface area (Å²) in [6.45, 7) is 1.03. The quantitative estimate of drug-likeness (QED) is 0.888. The molecule has 0 radical (unpaired) electrons. The van der Waals surface area contributed by atoms with Crippen LogP contribution < -0.4 is 5.32 Å². The van der Waals surface area contributed by atoms with E-state index in [2.05, 4.69) is 5.32 Å². The number of likely N-dealkylation sites (tertiary alicyclic amines) is 1. The second-order valence-electron chi connectivity index (χ2n) is 5.38. The third-order valence-electron chi connectivity index (χ3n) is 3.72. The molecule has 2 N–H and O–H groups in total. The average Bonchev–Trinajstić information content (AvgIpc) is 2.46. The Kier molecular flexibility index (Phi) is 5.60. The van der Waals surface area contributed by atoms with E-state index >= 15 is 0 Å². The van der Waals surface area contributed by atoms with Crippen molar-refractivity contribution in [2.75, 3.05) is 13.1 Å². The Labute approximate surface area is 125 Å². The Morgan fingerprint density at radius 3 is 2.76 bits per heavy atom. The Hall–Kier alpha value is -2.04. The third kappa shape index (κ3) is 4.77. The molecule has 2 amide bonds. The van der Waals surface area contributed by atoms with Gasteiger partial charge in [-0.3, -0.25) is 9.59 Å². The standard InChI is InChI=1S/C16H22N2O3/c19-14-8-5-4-7-13(14)11-17-15(20)12-18-10-6-2-1-3-9-16(18)21/h4-5,7-8,19H,1-3,6,9-12H2,(H,17,20). The highest BCUT2D eigenvalue weighted by atomic mass is 16.3. The maximum Gasteiger partial charge on any atom is 0.239 e. The molecule has 1 heterocycles. The summed E-state index contributed by atoms with van der Waals surface area (Å²) in [6.07, 6.45) is 4.61. The van der Waals surface area contributed by atoms with Gasteiger partial charge in [-0.15, -0.1) is 0 Å². The molecule has 1 aliphatic rings. The summed E-state index contributed by atoms with van der Waals surface area (Å²) in [7, 11) is 0. The number of phenolic OH excluding ortho intramolecular Hbond substituents is 1. The number of carbonyl (C=O) groups excluding carboxylic acids is 2. The van der Waals surface area contributed by atoms with Gasteiger partial charge in [0, 0.05) is 25.1 Å². The van der Waals surface area contributed by atoms with Gasteiger partial charge < -0.3 is 15.3 Å². The topological polar surface area (TPSA) is 69.6 Å². The summed E-state index contributed by atoms with van der Waals surface area (Å²) >= 11 is 0. The average molecular weight is 290 g/mol. The molecule has 1 saturated heterocycles. The minimum absolute atomic E-state index is 0.0624. The van der Waals surface area contributed by atoms with Crippen molar-refractivity contribution in [3.63, 3.8) is 0 Å². The fourth-order valence-electron chi connectivity index (χ4n) is 2.47. The Morgan fingerprint density at radius 2 is 1.95 bits per heavy atom. The molecule has 0 saturated carbocycles. The summed E-state index contributed by atoms with van der Waals surface area (Å²) < 4.78 is 0. The summed E-state index contributed by atoms with van der Waals surface area (Å²) in [6, 6.07) is 6.89. The third-order valence-corrected chi connectivity index (χ3v) is 3.72. The van der Waals surface area contributed by atoms with Gasteiger partial charge in [0.1, 0.15) is 5.75 Å². The second kappa shape index (κ2) is 7.67. The smallest absolute Gasteiger partial charge is 0.239 e. The molecular formula is C16H22N2O3. The molecule has 0 unspecified atom stereocenters. The van der Waals surface area contributed by atoms with E-state index in [9.17, 15) is 14.7 Å². The van der Waals surface area contributed by atoms with Gasteiger partial charge in [0.2, 0.25) is 11.8 Å². The lowest BCUT2D eigenvalue weighted by Crippen LogP contribution is -2.41. The van der Waals surface area contributed by atoms with E-state index in [1.165, 1.54) is 0 Å². The summed E-state index contributed by atoms with van der Waals surface area (Å²) in [5.74, 6) is 0.0414. The molecule has 21 heavy (non-hydrogen) atoms. The van der Waals surface area contributed by atoms with Crippen molar-refractivity contribution < 1.29 is 14.7 Å². The zero-order valence-corrected chi connectivity index (χ0v) is 12.2. The molecular weight excluding hydrogens is 268 g/mol. The number of para-hydroxylation sites is 1. The van der Waals surface area contributed by atoms with Gasteiger partial charge >= 0.3 is 0 Å². The number of hydrogen-bond acceptors (Lipinski definition) is 3.